The zero-order chi connectivity index (χ0) is 11.3. The lowest BCUT2D eigenvalue weighted by atomic mass is 10.1. The number of thiophene rings is 1. The second-order valence-electron chi connectivity index (χ2n) is 4.01. The van der Waals surface area contributed by atoms with Crippen molar-refractivity contribution in [2.75, 3.05) is 0 Å². The van der Waals surface area contributed by atoms with Crippen LogP contribution in [0.3, 0.4) is 0 Å². The van der Waals surface area contributed by atoms with Crippen LogP contribution in [0.25, 0.3) is 0 Å². The minimum absolute atomic E-state index is 0.373. The van der Waals surface area contributed by atoms with Gasteiger partial charge < -0.3 is 10.6 Å². The molecule has 4 heteroatoms. The molecule has 2 N–H and O–H groups in total. The average Bonchev–Trinajstić information content (AvgIpc) is 2.53. The Bertz CT molecular complexity index is 294. The molecule has 1 aromatic heterocycles. The number of rotatable bonds is 4. The molecule has 1 aromatic rings. The van der Waals surface area contributed by atoms with Crippen LogP contribution in [0.4, 0.5) is 0 Å². The highest BCUT2D eigenvalue weighted by molar-refractivity contribution is 7.80. The highest BCUT2D eigenvalue weighted by atomic mass is 32.1. The van der Waals surface area contributed by atoms with E-state index < -0.39 is 0 Å². The van der Waals surface area contributed by atoms with Crippen molar-refractivity contribution in [2.24, 2.45) is 0 Å². The Morgan fingerprint density at radius 2 is 2.13 bits per heavy atom. The van der Waals surface area contributed by atoms with Crippen molar-refractivity contribution < 1.29 is 0 Å². The zero-order valence-corrected chi connectivity index (χ0v) is 11.0. The smallest absolute Gasteiger partial charge is 0.166 e. The summed E-state index contributed by atoms with van der Waals surface area (Å²) in [5.41, 5.74) is 1.37. The maximum absolute atomic E-state index is 5.18. The third kappa shape index (κ3) is 5.14. The van der Waals surface area contributed by atoms with Gasteiger partial charge in [-0.25, -0.2) is 0 Å². The van der Waals surface area contributed by atoms with Gasteiger partial charge >= 0.3 is 0 Å². The molecule has 0 aliphatic rings. The quantitative estimate of drug-likeness (QED) is 0.794. The van der Waals surface area contributed by atoms with Gasteiger partial charge in [-0.1, -0.05) is 0 Å². The van der Waals surface area contributed by atoms with E-state index >= 15 is 0 Å². The van der Waals surface area contributed by atoms with Gasteiger partial charge in [-0.2, -0.15) is 11.3 Å². The predicted octanol–water partition coefficient (Wildman–Crippen LogP) is 2.55. The van der Waals surface area contributed by atoms with Gasteiger partial charge in [0.1, 0.15) is 0 Å². The van der Waals surface area contributed by atoms with Crippen LogP contribution in [-0.2, 0) is 6.42 Å². The summed E-state index contributed by atoms with van der Waals surface area (Å²) in [5, 5.41) is 11.5. The topological polar surface area (TPSA) is 24.1 Å². The van der Waals surface area contributed by atoms with Gasteiger partial charge in [0.25, 0.3) is 0 Å². The Hall–Kier alpha value is -0.610. The van der Waals surface area contributed by atoms with Gasteiger partial charge in [0, 0.05) is 12.1 Å². The molecule has 0 aliphatic heterocycles. The molecule has 0 aromatic carbocycles. The largest absolute Gasteiger partial charge is 0.361 e. The van der Waals surface area contributed by atoms with Gasteiger partial charge in [0.05, 0.1) is 0 Å². The number of hydrogen-bond acceptors (Lipinski definition) is 2. The monoisotopic (exact) mass is 242 g/mol. The van der Waals surface area contributed by atoms with Crippen molar-refractivity contribution in [1.82, 2.24) is 10.6 Å². The Kier molecular flexibility index (Phi) is 5.05. The SMILES string of the molecule is CC(C)NC(=S)NC(C)Cc1ccsc1. The number of hydrogen-bond donors (Lipinski definition) is 2. The molecule has 1 unspecified atom stereocenters. The van der Waals surface area contributed by atoms with Crippen LogP contribution in [-0.4, -0.2) is 17.2 Å². The molecule has 1 atom stereocenters. The summed E-state index contributed by atoms with van der Waals surface area (Å²) in [6.07, 6.45) is 1.02. The molecule has 0 amide bonds. The summed E-state index contributed by atoms with van der Waals surface area (Å²) < 4.78 is 0. The van der Waals surface area contributed by atoms with E-state index in [0.717, 1.165) is 11.5 Å². The predicted molar refractivity (Wildman–Crippen MR) is 71.5 cm³/mol. The van der Waals surface area contributed by atoms with Crippen LogP contribution in [0.1, 0.15) is 26.3 Å². The fourth-order valence-electron chi connectivity index (χ4n) is 1.34. The van der Waals surface area contributed by atoms with Crippen molar-refractivity contribution >= 4 is 28.7 Å². The summed E-state index contributed by atoms with van der Waals surface area (Å²) in [7, 11) is 0. The Morgan fingerprint density at radius 3 is 2.67 bits per heavy atom. The summed E-state index contributed by atoms with van der Waals surface area (Å²) >= 11 is 6.92. The van der Waals surface area contributed by atoms with Crippen LogP contribution in [0.5, 0.6) is 0 Å². The lowest BCUT2D eigenvalue weighted by Crippen LogP contribution is -2.44. The normalized spacial score (nSPS) is 12.5. The van der Waals surface area contributed by atoms with E-state index in [1.807, 2.05) is 0 Å². The molecule has 2 nitrogen and oxygen atoms in total. The van der Waals surface area contributed by atoms with Gasteiger partial charge in [-0.15, -0.1) is 0 Å². The molecule has 0 saturated carbocycles. The summed E-state index contributed by atoms with van der Waals surface area (Å²) in [6.45, 7) is 6.31. The van der Waals surface area contributed by atoms with Gasteiger partial charge in [-0.3, -0.25) is 0 Å². The number of thiocarbonyl (C=S) groups is 1. The molecule has 0 aliphatic carbocycles. The van der Waals surface area contributed by atoms with E-state index in [1.165, 1.54) is 5.56 Å². The van der Waals surface area contributed by atoms with Gasteiger partial charge in [-0.05, 0) is 61.8 Å². The maximum atomic E-state index is 5.18. The third-order valence-electron chi connectivity index (χ3n) is 1.92. The Balaban J connectivity index is 2.29. The van der Waals surface area contributed by atoms with Crippen molar-refractivity contribution in [3.05, 3.63) is 22.4 Å². The highest BCUT2D eigenvalue weighted by Gasteiger charge is 2.06. The van der Waals surface area contributed by atoms with Gasteiger partial charge in [0.2, 0.25) is 0 Å². The molecule has 1 rings (SSSR count). The van der Waals surface area contributed by atoms with Crippen LogP contribution < -0.4 is 10.6 Å². The highest BCUT2D eigenvalue weighted by Crippen LogP contribution is 2.08. The van der Waals surface area contributed by atoms with Crippen molar-refractivity contribution in [1.29, 1.82) is 0 Å². The molecule has 0 bridgehead atoms. The van der Waals surface area contributed by atoms with E-state index in [-0.39, 0.29) is 0 Å². The van der Waals surface area contributed by atoms with Crippen LogP contribution >= 0.6 is 23.6 Å². The minimum atomic E-state index is 0.373. The number of nitrogens with one attached hydrogen (secondary N) is 2. The molecule has 0 fully saturated rings. The first-order valence-corrected chi connectivity index (χ1v) is 6.51. The first-order valence-electron chi connectivity index (χ1n) is 5.16. The van der Waals surface area contributed by atoms with Crippen molar-refractivity contribution in [3.63, 3.8) is 0 Å². The van der Waals surface area contributed by atoms with Crippen LogP contribution in [0.15, 0.2) is 16.8 Å². The maximum Gasteiger partial charge on any atom is 0.166 e. The molecule has 1 heterocycles. The average molecular weight is 242 g/mol. The summed E-state index contributed by atoms with van der Waals surface area (Å²) in [4.78, 5) is 0. The second kappa shape index (κ2) is 6.08. The van der Waals surface area contributed by atoms with E-state index in [4.69, 9.17) is 12.2 Å². The fourth-order valence-corrected chi connectivity index (χ4v) is 2.46. The zero-order valence-electron chi connectivity index (χ0n) is 9.41. The van der Waals surface area contributed by atoms with E-state index in [0.29, 0.717) is 12.1 Å². The van der Waals surface area contributed by atoms with Crippen LogP contribution in [0.2, 0.25) is 0 Å². The molecule has 0 saturated heterocycles. The van der Waals surface area contributed by atoms with Crippen molar-refractivity contribution in [3.8, 4) is 0 Å². The second-order valence-corrected chi connectivity index (χ2v) is 5.20. The van der Waals surface area contributed by atoms with E-state index in [1.54, 1.807) is 11.3 Å². The lowest BCUT2D eigenvalue weighted by Gasteiger charge is -2.18. The molecular formula is C11H18N2S2. The Labute approximate surface area is 101 Å². The molecule has 0 radical (unpaired) electrons. The lowest BCUT2D eigenvalue weighted by molar-refractivity contribution is 0.632. The van der Waals surface area contributed by atoms with Gasteiger partial charge in [0.15, 0.2) is 5.11 Å². The summed E-state index contributed by atoms with van der Waals surface area (Å²) in [5.74, 6) is 0. The third-order valence-corrected chi connectivity index (χ3v) is 2.89. The van der Waals surface area contributed by atoms with Crippen molar-refractivity contribution in [2.45, 2.75) is 39.3 Å². The summed E-state index contributed by atoms with van der Waals surface area (Å²) in [6, 6.07) is 2.92. The first-order chi connectivity index (χ1) is 7.08. The van der Waals surface area contributed by atoms with E-state index in [2.05, 4.69) is 48.2 Å². The first kappa shape index (κ1) is 12.5. The molecule has 15 heavy (non-hydrogen) atoms. The van der Waals surface area contributed by atoms with E-state index in [9.17, 15) is 0 Å². The minimum Gasteiger partial charge on any atom is -0.361 e. The standard InChI is InChI=1S/C11H18N2S2/c1-8(2)12-11(14)13-9(3)6-10-4-5-15-7-10/h4-5,7-9H,6H2,1-3H3,(H2,12,13,14). The molecular weight excluding hydrogens is 224 g/mol. The molecule has 0 spiro atoms. The fraction of sp³-hybridized carbons (Fsp3) is 0.545. The Morgan fingerprint density at radius 1 is 1.40 bits per heavy atom. The molecule has 84 valence electrons. The van der Waals surface area contributed by atoms with Crippen LogP contribution in [0, 0.1) is 0 Å².